The van der Waals surface area contributed by atoms with Gasteiger partial charge in [0.25, 0.3) is 0 Å². The fraction of sp³-hybridized carbons (Fsp3) is 0.571. The van der Waals surface area contributed by atoms with Crippen LogP contribution in [0.2, 0.25) is 0 Å². The number of carbonyl (C=O) groups is 1. The van der Waals surface area contributed by atoms with Crippen LogP contribution in [-0.4, -0.2) is 56.2 Å². The first kappa shape index (κ1) is 19.6. The normalized spacial score (nSPS) is 19.6. The highest BCUT2D eigenvalue weighted by Crippen LogP contribution is 2.32. The summed E-state index contributed by atoms with van der Waals surface area (Å²) in [4.78, 5) is 15.1. The summed E-state index contributed by atoms with van der Waals surface area (Å²) in [5.74, 6) is -1.15. The van der Waals surface area contributed by atoms with Crippen LogP contribution in [0.5, 0.6) is 0 Å². The van der Waals surface area contributed by atoms with Gasteiger partial charge in [0.1, 0.15) is 0 Å². The Balaban J connectivity index is 2.28. The lowest BCUT2D eigenvalue weighted by molar-refractivity contribution is -0.140. The van der Waals surface area contributed by atoms with E-state index in [0.717, 1.165) is 29.7 Å². The van der Waals surface area contributed by atoms with Gasteiger partial charge in [-0.05, 0) is 12.1 Å². The van der Waals surface area contributed by atoms with E-state index in [9.17, 15) is 26.4 Å². The summed E-state index contributed by atoms with van der Waals surface area (Å²) in [6.07, 6.45) is -3.87. The molecule has 140 valence electrons. The number of aromatic nitrogens is 1. The Morgan fingerprint density at radius 2 is 2.20 bits per heavy atom. The highest BCUT2D eigenvalue weighted by Gasteiger charge is 2.36. The summed E-state index contributed by atoms with van der Waals surface area (Å²) >= 11 is 0. The van der Waals surface area contributed by atoms with Crippen molar-refractivity contribution in [1.82, 2.24) is 14.6 Å². The number of methoxy groups -OCH3 is 1. The number of alkyl halides is 3. The van der Waals surface area contributed by atoms with E-state index in [0.29, 0.717) is 6.54 Å². The minimum atomic E-state index is -4.55. The van der Waals surface area contributed by atoms with Crippen molar-refractivity contribution in [3.05, 3.63) is 29.6 Å². The molecular formula is C14H18F3N3O4S. The number of nitrogens with one attached hydrogen (secondary N) is 1. The Morgan fingerprint density at radius 3 is 2.84 bits per heavy atom. The lowest BCUT2D eigenvalue weighted by Crippen LogP contribution is -2.49. The molecule has 1 aromatic heterocycles. The van der Waals surface area contributed by atoms with Crippen molar-refractivity contribution >= 4 is 16.0 Å². The summed E-state index contributed by atoms with van der Waals surface area (Å²) in [7, 11) is -2.71. The number of esters is 1. The van der Waals surface area contributed by atoms with E-state index in [4.69, 9.17) is 0 Å². The van der Waals surface area contributed by atoms with Crippen LogP contribution in [0, 0.1) is 0 Å². The third-order valence-electron chi connectivity index (χ3n) is 3.79. The van der Waals surface area contributed by atoms with Gasteiger partial charge in [-0.1, -0.05) is 0 Å². The van der Waals surface area contributed by atoms with Gasteiger partial charge in [0.05, 0.1) is 36.6 Å². The molecule has 1 fully saturated rings. The summed E-state index contributed by atoms with van der Waals surface area (Å²) in [5.41, 5.74) is -0.890. The first-order valence-electron chi connectivity index (χ1n) is 7.45. The third-order valence-corrected chi connectivity index (χ3v) is 5.66. The average Bonchev–Trinajstić information content (AvgIpc) is 2.59. The van der Waals surface area contributed by atoms with Crippen LogP contribution in [-0.2, 0) is 25.7 Å². The van der Waals surface area contributed by atoms with Gasteiger partial charge in [0.15, 0.2) is 0 Å². The molecule has 2 rings (SSSR count). The molecule has 0 aromatic carbocycles. The summed E-state index contributed by atoms with van der Waals surface area (Å²) in [5, 5.41) is 2.95. The number of hydrogen-bond acceptors (Lipinski definition) is 6. The van der Waals surface area contributed by atoms with Gasteiger partial charge in [0, 0.05) is 25.8 Å². The highest BCUT2D eigenvalue weighted by molar-refractivity contribution is 7.89. The average molecular weight is 381 g/mol. The number of rotatable bonds is 5. The summed E-state index contributed by atoms with van der Waals surface area (Å²) in [6, 6.07) is 0.801. The van der Waals surface area contributed by atoms with Gasteiger partial charge >= 0.3 is 12.1 Å². The molecule has 1 atom stereocenters. The Morgan fingerprint density at radius 1 is 1.48 bits per heavy atom. The van der Waals surface area contributed by atoms with Crippen LogP contribution >= 0.6 is 0 Å². The van der Waals surface area contributed by atoms with Gasteiger partial charge in [-0.2, -0.15) is 17.5 Å². The minimum Gasteiger partial charge on any atom is -0.469 e. The van der Waals surface area contributed by atoms with Crippen LogP contribution in [0.3, 0.4) is 0 Å². The number of piperazine rings is 1. The van der Waals surface area contributed by atoms with Crippen LogP contribution in [0.1, 0.15) is 23.7 Å². The number of sulfonamides is 1. The van der Waals surface area contributed by atoms with E-state index in [-0.39, 0.29) is 25.2 Å². The SMILES string of the molecule is COC(=O)CCS(=O)(=O)N1CCNCC1c1cc(C(F)(F)F)ccn1. The first-order valence-corrected chi connectivity index (χ1v) is 9.06. The molecule has 1 aromatic rings. The van der Waals surface area contributed by atoms with Gasteiger partial charge in [-0.25, -0.2) is 8.42 Å². The van der Waals surface area contributed by atoms with Crippen molar-refractivity contribution in [3.8, 4) is 0 Å². The Kier molecular flexibility index (Phi) is 6.01. The van der Waals surface area contributed by atoms with Gasteiger partial charge in [0.2, 0.25) is 10.0 Å². The largest absolute Gasteiger partial charge is 0.469 e. The van der Waals surface area contributed by atoms with Gasteiger partial charge in [-0.3, -0.25) is 9.78 Å². The number of halogens is 3. The lowest BCUT2D eigenvalue weighted by Gasteiger charge is -2.34. The van der Waals surface area contributed by atoms with Crippen molar-refractivity contribution in [2.75, 3.05) is 32.5 Å². The molecule has 0 aliphatic carbocycles. The van der Waals surface area contributed by atoms with Crippen LogP contribution in [0.25, 0.3) is 0 Å². The Hall–Kier alpha value is -1.72. The second kappa shape index (κ2) is 7.67. The molecule has 1 aliphatic rings. The molecule has 1 unspecified atom stereocenters. The van der Waals surface area contributed by atoms with E-state index in [1.165, 1.54) is 0 Å². The first-order chi connectivity index (χ1) is 11.6. The van der Waals surface area contributed by atoms with Gasteiger partial charge < -0.3 is 10.1 Å². The molecule has 1 N–H and O–H groups in total. The van der Waals surface area contributed by atoms with Crippen molar-refractivity contribution in [3.63, 3.8) is 0 Å². The molecule has 11 heteroatoms. The van der Waals surface area contributed by atoms with Crippen molar-refractivity contribution in [2.24, 2.45) is 0 Å². The number of pyridine rings is 1. The summed E-state index contributed by atoms with van der Waals surface area (Å²) in [6.45, 7) is 0.560. The maximum atomic E-state index is 12.9. The van der Waals surface area contributed by atoms with E-state index < -0.39 is 39.5 Å². The van der Waals surface area contributed by atoms with Crippen molar-refractivity contribution in [1.29, 1.82) is 0 Å². The monoisotopic (exact) mass is 381 g/mol. The van der Waals surface area contributed by atoms with E-state index in [2.05, 4.69) is 15.0 Å². The maximum Gasteiger partial charge on any atom is 0.416 e. The van der Waals surface area contributed by atoms with E-state index in [1.807, 2.05) is 0 Å². The molecule has 0 bridgehead atoms. The molecule has 0 saturated carbocycles. The van der Waals surface area contributed by atoms with E-state index in [1.54, 1.807) is 0 Å². The molecule has 1 saturated heterocycles. The quantitative estimate of drug-likeness (QED) is 0.764. The predicted molar refractivity (Wildman–Crippen MR) is 82.0 cm³/mol. The molecule has 0 spiro atoms. The van der Waals surface area contributed by atoms with Gasteiger partial charge in [-0.15, -0.1) is 0 Å². The van der Waals surface area contributed by atoms with Crippen molar-refractivity contribution < 1.29 is 31.1 Å². The van der Waals surface area contributed by atoms with Crippen LogP contribution in [0.15, 0.2) is 18.3 Å². The highest BCUT2D eigenvalue weighted by atomic mass is 32.2. The zero-order valence-electron chi connectivity index (χ0n) is 13.4. The zero-order valence-corrected chi connectivity index (χ0v) is 14.2. The van der Waals surface area contributed by atoms with Crippen LogP contribution in [0.4, 0.5) is 13.2 Å². The molecule has 25 heavy (non-hydrogen) atoms. The smallest absolute Gasteiger partial charge is 0.416 e. The number of ether oxygens (including phenoxy) is 1. The molecule has 2 heterocycles. The van der Waals surface area contributed by atoms with E-state index >= 15 is 0 Å². The van der Waals surface area contributed by atoms with Crippen molar-refractivity contribution in [2.45, 2.75) is 18.6 Å². The second-order valence-corrected chi connectivity index (χ2v) is 7.48. The topological polar surface area (TPSA) is 88.6 Å². The fourth-order valence-corrected chi connectivity index (χ4v) is 4.11. The zero-order chi connectivity index (χ0) is 18.7. The van der Waals surface area contributed by atoms with Crippen LogP contribution < -0.4 is 5.32 Å². The third kappa shape index (κ3) is 4.89. The maximum absolute atomic E-state index is 12.9. The predicted octanol–water partition coefficient (Wildman–Crippen LogP) is 0.940. The molecule has 7 nitrogen and oxygen atoms in total. The number of carbonyl (C=O) groups excluding carboxylic acids is 1. The molecule has 0 radical (unpaired) electrons. The standard InChI is InChI=1S/C14H18F3N3O4S/c1-24-13(21)3-7-25(22,23)20-6-5-18-9-12(20)11-8-10(2-4-19-11)14(15,16)17/h2,4,8,12,18H,3,5-7,9H2,1H3. The Labute approximate surface area is 143 Å². The fourth-order valence-electron chi connectivity index (χ4n) is 2.51. The lowest BCUT2D eigenvalue weighted by atomic mass is 10.1. The Bertz CT molecular complexity index is 724. The minimum absolute atomic E-state index is 0.00340. The molecule has 0 amide bonds. The number of nitrogens with zero attached hydrogens (tertiary/aromatic N) is 2. The summed E-state index contributed by atoms with van der Waals surface area (Å²) < 4.78 is 69.2. The second-order valence-electron chi connectivity index (χ2n) is 5.44. The number of hydrogen-bond donors (Lipinski definition) is 1. The molecular weight excluding hydrogens is 363 g/mol. The molecule has 1 aliphatic heterocycles.